The average molecular weight is 264 g/mol. The van der Waals surface area contributed by atoms with Crippen molar-refractivity contribution in [2.75, 3.05) is 7.11 Å². The minimum absolute atomic E-state index is 0.0730. The van der Waals surface area contributed by atoms with E-state index in [0.717, 1.165) is 6.42 Å². The Balaban J connectivity index is 1.74. The second kappa shape index (κ2) is 4.60. The third kappa shape index (κ3) is 2.27. The maximum atomic E-state index is 6.18. The molecule has 0 amide bonds. The molecule has 2 nitrogen and oxygen atoms in total. The summed E-state index contributed by atoms with van der Waals surface area (Å²) in [6.07, 6.45) is 11.0. The number of ether oxygens (including phenoxy) is 2. The van der Waals surface area contributed by atoms with Gasteiger partial charge in [-0.3, -0.25) is 0 Å². The van der Waals surface area contributed by atoms with Crippen LogP contribution in [0.5, 0.6) is 0 Å². The van der Waals surface area contributed by atoms with Gasteiger partial charge in [-0.15, -0.1) is 0 Å². The molecule has 3 rings (SSSR count). The fraction of sp³-hybridized carbons (Fsp3) is 0.882. The highest BCUT2D eigenvalue weighted by Crippen LogP contribution is 2.67. The summed E-state index contributed by atoms with van der Waals surface area (Å²) in [5, 5.41) is 0. The summed E-state index contributed by atoms with van der Waals surface area (Å²) in [6, 6.07) is 0. The predicted molar refractivity (Wildman–Crippen MR) is 77.1 cm³/mol. The van der Waals surface area contributed by atoms with Crippen molar-refractivity contribution in [2.45, 2.75) is 77.1 Å². The highest BCUT2D eigenvalue weighted by Gasteiger charge is 2.68. The highest BCUT2D eigenvalue weighted by atomic mass is 16.6. The van der Waals surface area contributed by atoms with Gasteiger partial charge in [0, 0.05) is 13.0 Å². The largest absolute Gasteiger partial charge is 0.381 e. The molecule has 1 heterocycles. The quantitative estimate of drug-likeness (QED) is 0.563. The second-order valence-corrected chi connectivity index (χ2v) is 7.31. The van der Waals surface area contributed by atoms with Crippen molar-refractivity contribution in [3.05, 3.63) is 11.6 Å². The first kappa shape index (κ1) is 13.6. The van der Waals surface area contributed by atoms with Gasteiger partial charge in [0.15, 0.2) is 0 Å². The van der Waals surface area contributed by atoms with Crippen LogP contribution in [0.1, 0.15) is 59.3 Å². The molecule has 108 valence electrons. The zero-order chi connectivity index (χ0) is 13.7. The smallest absolute Gasteiger partial charge is 0.0981 e. The van der Waals surface area contributed by atoms with Gasteiger partial charge in [-0.25, -0.2) is 0 Å². The fourth-order valence-corrected chi connectivity index (χ4v) is 4.50. The van der Waals surface area contributed by atoms with Crippen LogP contribution in [-0.2, 0) is 9.47 Å². The zero-order valence-corrected chi connectivity index (χ0v) is 12.9. The Morgan fingerprint density at radius 2 is 2.05 bits per heavy atom. The number of rotatable bonds is 4. The third-order valence-electron chi connectivity index (χ3n) is 5.73. The van der Waals surface area contributed by atoms with Gasteiger partial charge in [-0.05, 0) is 58.3 Å². The lowest BCUT2D eigenvalue weighted by molar-refractivity contribution is -0.0467. The van der Waals surface area contributed by atoms with E-state index in [2.05, 4.69) is 26.8 Å². The summed E-state index contributed by atoms with van der Waals surface area (Å²) in [6.45, 7) is 6.67. The van der Waals surface area contributed by atoms with E-state index in [9.17, 15) is 0 Å². The number of allylic oxidation sites excluding steroid dienone is 1. The van der Waals surface area contributed by atoms with Crippen LogP contribution in [0.25, 0.3) is 0 Å². The maximum Gasteiger partial charge on any atom is 0.0981 e. The molecule has 0 radical (unpaired) electrons. The van der Waals surface area contributed by atoms with Crippen molar-refractivity contribution < 1.29 is 9.47 Å². The van der Waals surface area contributed by atoms with Crippen LogP contribution in [0.4, 0.5) is 0 Å². The van der Waals surface area contributed by atoms with E-state index in [-0.39, 0.29) is 5.60 Å². The lowest BCUT2D eigenvalue weighted by Crippen LogP contribution is -2.44. The normalized spacial score (nSPS) is 43.1. The molecule has 1 aliphatic heterocycles. The molecule has 3 aliphatic rings. The number of hydrogen-bond donors (Lipinski definition) is 0. The van der Waals surface area contributed by atoms with E-state index in [1.807, 2.05) is 7.11 Å². The van der Waals surface area contributed by atoms with E-state index in [0.29, 0.717) is 23.5 Å². The molecule has 0 bridgehead atoms. The molecule has 3 fully saturated rings. The molecule has 0 aromatic rings. The SMILES string of the molecule is CO[C@@H]1CCCC2(CC2)C1[C@@]1(C)O[C@@H]1CC=C(C)C. The van der Waals surface area contributed by atoms with E-state index < -0.39 is 0 Å². The van der Waals surface area contributed by atoms with Crippen LogP contribution in [0.3, 0.4) is 0 Å². The maximum absolute atomic E-state index is 6.18. The Kier molecular flexibility index (Phi) is 3.30. The Morgan fingerprint density at radius 3 is 2.63 bits per heavy atom. The lowest BCUT2D eigenvalue weighted by atomic mass is 9.67. The molecule has 2 aliphatic carbocycles. The van der Waals surface area contributed by atoms with Crippen LogP contribution in [0.15, 0.2) is 11.6 Å². The molecule has 19 heavy (non-hydrogen) atoms. The van der Waals surface area contributed by atoms with Gasteiger partial charge in [0.25, 0.3) is 0 Å². The molecule has 1 unspecified atom stereocenters. The number of hydrogen-bond acceptors (Lipinski definition) is 2. The fourth-order valence-electron chi connectivity index (χ4n) is 4.50. The van der Waals surface area contributed by atoms with Crippen LogP contribution in [-0.4, -0.2) is 24.9 Å². The van der Waals surface area contributed by atoms with E-state index in [4.69, 9.17) is 9.47 Å². The lowest BCUT2D eigenvalue weighted by Gasteiger charge is -2.40. The van der Waals surface area contributed by atoms with E-state index in [1.165, 1.54) is 37.7 Å². The highest BCUT2D eigenvalue weighted by molar-refractivity contribution is 5.18. The number of methoxy groups -OCH3 is 1. The van der Waals surface area contributed by atoms with Gasteiger partial charge in [0.05, 0.1) is 17.8 Å². The first-order valence-corrected chi connectivity index (χ1v) is 7.86. The molecule has 0 aromatic heterocycles. The van der Waals surface area contributed by atoms with E-state index >= 15 is 0 Å². The van der Waals surface area contributed by atoms with Gasteiger partial charge < -0.3 is 9.47 Å². The summed E-state index contributed by atoms with van der Waals surface area (Å²) in [4.78, 5) is 0. The topological polar surface area (TPSA) is 21.8 Å². The summed E-state index contributed by atoms with van der Waals surface area (Å²) < 4.78 is 12.0. The minimum Gasteiger partial charge on any atom is -0.381 e. The standard InChI is InChI=1S/C17H28O2/c1-12(2)7-8-14-16(3,19-14)15-13(18-4)6-5-9-17(15)10-11-17/h7,13-15H,5-6,8-11H2,1-4H3/t13-,14-,15?,16+/m1/s1. The van der Waals surface area contributed by atoms with Gasteiger partial charge in [-0.1, -0.05) is 18.1 Å². The van der Waals surface area contributed by atoms with Crippen LogP contribution < -0.4 is 0 Å². The number of epoxide rings is 1. The molecule has 0 aromatic carbocycles. The third-order valence-corrected chi connectivity index (χ3v) is 5.73. The van der Waals surface area contributed by atoms with Crippen LogP contribution in [0, 0.1) is 11.3 Å². The Hall–Kier alpha value is -0.340. The first-order valence-electron chi connectivity index (χ1n) is 7.86. The molecule has 2 saturated carbocycles. The van der Waals surface area contributed by atoms with Gasteiger partial charge in [0.1, 0.15) is 0 Å². The van der Waals surface area contributed by atoms with Gasteiger partial charge in [-0.2, -0.15) is 0 Å². The Labute approximate surface area is 117 Å². The average Bonchev–Trinajstić information content (AvgIpc) is 3.26. The Morgan fingerprint density at radius 1 is 1.32 bits per heavy atom. The zero-order valence-electron chi connectivity index (χ0n) is 12.9. The molecule has 4 atom stereocenters. The first-order chi connectivity index (χ1) is 9.02. The predicted octanol–water partition coefficient (Wildman–Crippen LogP) is 4.10. The van der Waals surface area contributed by atoms with Crippen LogP contribution >= 0.6 is 0 Å². The van der Waals surface area contributed by atoms with Gasteiger partial charge >= 0.3 is 0 Å². The molecule has 1 spiro atoms. The van der Waals surface area contributed by atoms with Crippen molar-refractivity contribution >= 4 is 0 Å². The van der Waals surface area contributed by atoms with Crippen molar-refractivity contribution in [3.8, 4) is 0 Å². The van der Waals surface area contributed by atoms with Crippen molar-refractivity contribution in [1.82, 2.24) is 0 Å². The molecule has 1 saturated heterocycles. The summed E-state index contributed by atoms with van der Waals surface area (Å²) in [5.74, 6) is 0.620. The van der Waals surface area contributed by atoms with Gasteiger partial charge in [0.2, 0.25) is 0 Å². The summed E-state index contributed by atoms with van der Waals surface area (Å²) >= 11 is 0. The van der Waals surface area contributed by atoms with Crippen molar-refractivity contribution in [2.24, 2.45) is 11.3 Å². The molecule has 2 heteroatoms. The molecular weight excluding hydrogens is 236 g/mol. The van der Waals surface area contributed by atoms with Crippen LogP contribution in [0.2, 0.25) is 0 Å². The summed E-state index contributed by atoms with van der Waals surface area (Å²) in [5.41, 5.74) is 2.03. The molecular formula is C17H28O2. The van der Waals surface area contributed by atoms with Crippen molar-refractivity contribution in [3.63, 3.8) is 0 Å². The van der Waals surface area contributed by atoms with E-state index in [1.54, 1.807) is 0 Å². The molecule has 0 N–H and O–H groups in total. The van der Waals surface area contributed by atoms with Crippen molar-refractivity contribution in [1.29, 1.82) is 0 Å². The Bertz CT molecular complexity index is 379. The second-order valence-electron chi connectivity index (χ2n) is 7.31. The summed E-state index contributed by atoms with van der Waals surface area (Å²) in [7, 11) is 1.88. The monoisotopic (exact) mass is 264 g/mol. The minimum atomic E-state index is 0.0730.